The molecule has 0 fully saturated rings. The molecule has 1 heterocycles. The molecule has 6 heteroatoms. The highest BCUT2D eigenvalue weighted by Gasteiger charge is 2.11. The molecule has 0 spiro atoms. The maximum Gasteiger partial charge on any atom is 0.240 e. The monoisotopic (exact) mass is 226 g/mol. The smallest absolute Gasteiger partial charge is 0.240 e. The van der Waals surface area contributed by atoms with E-state index in [-0.39, 0.29) is 12.5 Å². The summed E-state index contributed by atoms with van der Waals surface area (Å²) >= 11 is 6.86. The largest absolute Gasteiger partial charge is 0.359 e. The molecular weight excluding hydrogens is 218 g/mol. The molecule has 1 rings (SSSR count). The highest BCUT2D eigenvalue weighted by atomic mass is 35.5. The molecule has 1 atom stereocenters. The van der Waals surface area contributed by atoms with Crippen molar-refractivity contribution in [3.05, 3.63) is 10.5 Å². The van der Waals surface area contributed by atoms with Crippen molar-refractivity contribution in [2.75, 3.05) is 5.32 Å². The summed E-state index contributed by atoms with van der Waals surface area (Å²) in [6, 6.07) is -0.290. The SMILES string of the molecule is CC(CC(F)F)Nc1ncc(Cl)s1. The Labute approximate surface area is 83.9 Å². The van der Waals surface area contributed by atoms with Crippen molar-refractivity contribution >= 4 is 28.1 Å². The Hall–Kier alpha value is -0.420. The van der Waals surface area contributed by atoms with Crippen molar-refractivity contribution in [1.29, 1.82) is 0 Å². The van der Waals surface area contributed by atoms with Crippen LogP contribution in [0.4, 0.5) is 13.9 Å². The van der Waals surface area contributed by atoms with Gasteiger partial charge in [0.2, 0.25) is 6.43 Å². The van der Waals surface area contributed by atoms with Crippen LogP contribution in [0.2, 0.25) is 4.34 Å². The van der Waals surface area contributed by atoms with E-state index in [1.807, 2.05) is 0 Å². The Kier molecular flexibility index (Phi) is 3.87. The molecule has 13 heavy (non-hydrogen) atoms. The van der Waals surface area contributed by atoms with Gasteiger partial charge in [-0.05, 0) is 6.92 Å². The number of rotatable bonds is 4. The molecule has 2 nitrogen and oxygen atoms in total. The predicted molar refractivity (Wildman–Crippen MR) is 50.8 cm³/mol. The first-order valence-electron chi connectivity index (χ1n) is 3.74. The molecule has 0 aliphatic carbocycles. The summed E-state index contributed by atoms with van der Waals surface area (Å²) in [6.45, 7) is 1.68. The van der Waals surface area contributed by atoms with E-state index in [2.05, 4.69) is 10.3 Å². The minimum absolute atomic E-state index is 0.183. The van der Waals surface area contributed by atoms with Crippen LogP contribution in [0, 0.1) is 0 Å². The van der Waals surface area contributed by atoms with Gasteiger partial charge in [-0.15, -0.1) is 0 Å². The molecule has 1 aromatic heterocycles. The second-order valence-electron chi connectivity index (χ2n) is 2.64. The summed E-state index contributed by atoms with van der Waals surface area (Å²) in [6.07, 6.45) is -0.987. The molecule has 0 amide bonds. The number of halogens is 3. The molecule has 0 aliphatic heterocycles. The number of anilines is 1. The predicted octanol–water partition coefficient (Wildman–Crippen LogP) is 3.25. The Bertz CT molecular complexity index is 267. The fourth-order valence-electron chi connectivity index (χ4n) is 0.858. The van der Waals surface area contributed by atoms with Gasteiger partial charge in [-0.3, -0.25) is 0 Å². The van der Waals surface area contributed by atoms with Gasteiger partial charge in [-0.25, -0.2) is 13.8 Å². The Morgan fingerprint density at radius 1 is 1.69 bits per heavy atom. The van der Waals surface area contributed by atoms with Crippen molar-refractivity contribution in [2.45, 2.75) is 25.8 Å². The van der Waals surface area contributed by atoms with Crippen LogP contribution in [0.15, 0.2) is 6.20 Å². The average Bonchev–Trinajstić information content (AvgIpc) is 2.33. The zero-order valence-electron chi connectivity index (χ0n) is 6.93. The molecule has 0 aromatic carbocycles. The van der Waals surface area contributed by atoms with Crippen molar-refractivity contribution in [3.63, 3.8) is 0 Å². The van der Waals surface area contributed by atoms with Gasteiger partial charge in [0.15, 0.2) is 5.13 Å². The van der Waals surface area contributed by atoms with Gasteiger partial charge in [0, 0.05) is 12.5 Å². The van der Waals surface area contributed by atoms with Gasteiger partial charge < -0.3 is 5.32 Å². The van der Waals surface area contributed by atoms with Gasteiger partial charge >= 0.3 is 0 Å². The molecule has 1 aromatic rings. The summed E-state index contributed by atoms with van der Waals surface area (Å²) in [7, 11) is 0. The van der Waals surface area contributed by atoms with Crippen LogP contribution >= 0.6 is 22.9 Å². The molecule has 0 saturated heterocycles. The number of nitrogens with zero attached hydrogens (tertiary/aromatic N) is 1. The summed E-state index contributed by atoms with van der Waals surface area (Å²) in [5.41, 5.74) is 0. The topological polar surface area (TPSA) is 24.9 Å². The lowest BCUT2D eigenvalue weighted by atomic mass is 10.2. The van der Waals surface area contributed by atoms with Crippen LogP contribution in [0.1, 0.15) is 13.3 Å². The molecule has 74 valence electrons. The highest BCUT2D eigenvalue weighted by molar-refractivity contribution is 7.19. The van der Waals surface area contributed by atoms with E-state index < -0.39 is 6.43 Å². The maximum atomic E-state index is 11.9. The van der Waals surface area contributed by atoms with Crippen LogP contribution in [-0.2, 0) is 0 Å². The Morgan fingerprint density at radius 3 is 2.85 bits per heavy atom. The van der Waals surface area contributed by atoms with Gasteiger partial charge in [0.05, 0.1) is 6.20 Å². The first-order valence-corrected chi connectivity index (χ1v) is 4.93. The Balaban J connectivity index is 2.40. The summed E-state index contributed by atoms with van der Waals surface area (Å²) < 4.78 is 24.4. The van der Waals surface area contributed by atoms with E-state index in [1.165, 1.54) is 17.5 Å². The van der Waals surface area contributed by atoms with Gasteiger partial charge in [-0.2, -0.15) is 0 Å². The minimum Gasteiger partial charge on any atom is -0.359 e. The first kappa shape index (κ1) is 10.7. The van der Waals surface area contributed by atoms with Crippen LogP contribution in [0.5, 0.6) is 0 Å². The van der Waals surface area contributed by atoms with E-state index in [9.17, 15) is 8.78 Å². The van der Waals surface area contributed by atoms with Gasteiger partial charge in [0.25, 0.3) is 0 Å². The third-order valence-electron chi connectivity index (χ3n) is 1.38. The van der Waals surface area contributed by atoms with Crippen molar-refractivity contribution in [3.8, 4) is 0 Å². The fourth-order valence-corrected chi connectivity index (χ4v) is 1.78. The number of thiazole rings is 1. The molecular formula is C7H9ClF2N2S. The first-order chi connectivity index (χ1) is 6.08. The van der Waals surface area contributed by atoms with Crippen molar-refractivity contribution in [2.24, 2.45) is 0 Å². The molecule has 1 unspecified atom stereocenters. The zero-order valence-corrected chi connectivity index (χ0v) is 8.50. The molecule has 0 saturated carbocycles. The standard InChI is InChI=1S/C7H9ClF2N2S/c1-4(2-6(9)10)12-7-11-3-5(8)13-7/h3-4,6H,2H2,1H3,(H,11,12). The number of hydrogen-bond acceptors (Lipinski definition) is 3. The van der Waals surface area contributed by atoms with E-state index in [4.69, 9.17) is 11.6 Å². The molecule has 1 N–H and O–H groups in total. The van der Waals surface area contributed by atoms with Crippen LogP contribution < -0.4 is 5.32 Å². The fraction of sp³-hybridized carbons (Fsp3) is 0.571. The summed E-state index contributed by atoms with van der Waals surface area (Å²) in [4.78, 5) is 3.89. The van der Waals surface area contributed by atoms with Crippen molar-refractivity contribution in [1.82, 2.24) is 4.98 Å². The van der Waals surface area contributed by atoms with Gasteiger partial charge in [0.1, 0.15) is 4.34 Å². The third kappa shape index (κ3) is 3.87. The summed E-state index contributed by atoms with van der Waals surface area (Å²) in [5, 5.41) is 3.42. The minimum atomic E-state index is -2.29. The number of hydrogen-bond donors (Lipinski definition) is 1. The highest BCUT2D eigenvalue weighted by Crippen LogP contribution is 2.23. The van der Waals surface area contributed by atoms with E-state index in [1.54, 1.807) is 6.92 Å². The molecule has 0 radical (unpaired) electrons. The number of alkyl halides is 2. The van der Waals surface area contributed by atoms with E-state index >= 15 is 0 Å². The van der Waals surface area contributed by atoms with Crippen LogP contribution in [0.25, 0.3) is 0 Å². The normalized spacial score (nSPS) is 13.3. The maximum absolute atomic E-state index is 11.9. The molecule has 0 bridgehead atoms. The molecule has 0 aliphatic rings. The zero-order chi connectivity index (χ0) is 9.84. The van der Waals surface area contributed by atoms with Crippen molar-refractivity contribution < 1.29 is 8.78 Å². The van der Waals surface area contributed by atoms with Crippen LogP contribution in [0.3, 0.4) is 0 Å². The van der Waals surface area contributed by atoms with E-state index in [0.29, 0.717) is 9.47 Å². The Morgan fingerprint density at radius 2 is 2.38 bits per heavy atom. The van der Waals surface area contributed by atoms with E-state index in [0.717, 1.165) is 0 Å². The second kappa shape index (κ2) is 4.72. The second-order valence-corrected chi connectivity index (χ2v) is 4.30. The third-order valence-corrected chi connectivity index (χ3v) is 2.43. The number of aromatic nitrogens is 1. The lowest BCUT2D eigenvalue weighted by Crippen LogP contribution is -2.18. The van der Waals surface area contributed by atoms with Crippen LogP contribution in [-0.4, -0.2) is 17.5 Å². The lowest BCUT2D eigenvalue weighted by Gasteiger charge is -2.11. The summed E-state index contributed by atoms with van der Waals surface area (Å²) in [5.74, 6) is 0. The van der Waals surface area contributed by atoms with Gasteiger partial charge in [-0.1, -0.05) is 22.9 Å². The lowest BCUT2D eigenvalue weighted by molar-refractivity contribution is 0.133. The quantitative estimate of drug-likeness (QED) is 0.853. The average molecular weight is 227 g/mol. The number of nitrogens with one attached hydrogen (secondary N) is 1.